The van der Waals surface area contributed by atoms with Gasteiger partial charge in [0.2, 0.25) is 0 Å². The first-order valence-corrected chi connectivity index (χ1v) is 8.06. The molecule has 1 aromatic heterocycles. The standard InChI is InChI=1S/C19H17F2N3O3/c1-26-15-6-4-5-13(9-15)11-24-12-14(10-22-24)23-18(25)16-7-2-3-8-17(16)27-19(20)21/h2-10,12,19H,11H2,1H3,(H,23,25). The molecule has 8 heteroatoms. The third-order valence-electron chi connectivity index (χ3n) is 3.72. The summed E-state index contributed by atoms with van der Waals surface area (Å²) in [5.41, 5.74) is 1.43. The number of para-hydroxylation sites is 1. The first-order chi connectivity index (χ1) is 13.0. The summed E-state index contributed by atoms with van der Waals surface area (Å²) < 4.78 is 36.2. The van der Waals surface area contributed by atoms with Crippen LogP contribution >= 0.6 is 0 Å². The van der Waals surface area contributed by atoms with Gasteiger partial charge in [0.1, 0.15) is 11.5 Å². The Morgan fingerprint density at radius 3 is 2.81 bits per heavy atom. The number of alkyl halides is 2. The van der Waals surface area contributed by atoms with Crippen LogP contribution in [-0.4, -0.2) is 29.4 Å². The van der Waals surface area contributed by atoms with E-state index in [4.69, 9.17) is 4.74 Å². The number of aromatic nitrogens is 2. The smallest absolute Gasteiger partial charge is 0.387 e. The van der Waals surface area contributed by atoms with E-state index in [0.717, 1.165) is 11.3 Å². The fraction of sp³-hybridized carbons (Fsp3) is 0.158. The number of benzene rings is 2. The van der Waals surface area contributed by atoms with Gasteiger partial charge in [-0.25, -0.2) is 0 Å². The summed E-state index contributed by atoms with van der Waals surface area (Å²) in [5.74, 6) is -0.00947. The number of rotatable bonds is 7. The highest BCUT2D eigenvalue weighted by atomic mass is 19.3. The summed E-state index contributed by atoms with van der Waals surface area (Å²) in [6, 6.07) is 13.3. The Kier molecular flexibility index (Phi) is 5.65. The van der Waals surface area contributed by atoms with Gasteiger partial charge in [-0.2, -0.15) is 13.9 Å². The molecule has 27 heavy (non-hydrogen) atoms. The molecule has 0 spiro atoms. The molecule has 0 atom stereocenters. The molecule has 0 aliphatic heterocycles. The van der Waals surface area contributed by atoms with Crippen LogP contribution in [0.3, 0.4) is 0 Å². The van der Waals surface area contributed by atoms with Gasteiger partial charge in [0.15, 0.2) is 0 Å². The molecule has 1 heterocycles. The van der Waals surface area contributed by atoms with Gasteiger partial charge in [-0.05, 0) is 29.8 Å². The van der Waals surface area contributed by atoms with Crippen molar-refractivity contribution in [2.75, 3.05) is 12.4 Å². The highest BCUT2D eigenvalue weighted by Gasteiger charge is 2.16. The fourth-order valence-corrected chi connectivity index (χ4v) is 2.52. The highest BCUT2D eigenvalue weighted by molar-refractivity contribution is 6.06. The second kappa shape index (κ2) is 8.31. The molecule has 0 saturated carbocycles. The summed E-state index contributed by atoms with van der Waals surface area (Å²) in [6.45, 7) is -2.53. The van der Waals surface area contributed by atoms with E-state index in [0.29, 0.717) is 12.2 Å². The van der Waals surface area contributed by atoms with Gasteiger partial charge in [0, 0.05) is 6.20 Å². The van der Waals surface area contributed by atoms with Crippen LogP contribution < -0.4 is 14.8 Å². The number of nitrogens with one attached hydrogen (secondary N) is 1. The van der Waals surface area contributed by atoms with Gasteiger partial charge in [-0.1, -0.05) is 24.3 Å². The van der Waals surface area contributed by atoms with Crippen molar-refractivity contribution in [2.45, 2.75) is 13.2 Å². The molecule has 1 N–H and O–H groups in total. The lowest BCUT2D eigenvalue weighted by molar-refractivity contribution is -0.0501. The minimum absolute atomic E-state index is 0.0124. The van der Waals surface area contributed by atoms with E-state index in [1.807, 2.05) is 24.3 Å². The molecule has 0 radical (unpaired) electrons. The van der Waals surface area contributed by atoms with E-state index in [9.17, 15) is 13.6 Å². The van der Waals surface area contributed by atoms with Crippen LogP contribution in [0.1, 0.15) is 15.9 Å². The van der Waals surface area contributed by atoms with Gasteiger partial charge in [0.05, 0.1) is 31.1 Å². The van der Waals surface area contributed by atoms with Gasteiger partial charge in [-0.15, -0.1) is 0 Å². The lowest BCUT2D eigenvalue weighted by Crippen LogP contribution is -2.14. The molecule has 0 fully saturated rings. The summed E-state index contributed by atoms with van der Waals surface area (Å²) in [5, 5.41) is 6.82. The number of hydrogen-bond acceptors (Lipinski definition) is 4. The number of carbonyl (C=O) groups excluding carboxylic acids is 1. The van der Waals surface area contributed by atoms with Crippen LogP contribution in [0.5, 0.6) is 11.5 Å². The summed E-state index contributed by atoms with van der Waals surface area (Å²) >= 11 is 0. The molecule has 3 rings (SSSR count). The van der Waals surface area contributed by atoms with Crippen LogP contribution in [0.4, 0.5) is 14.5 Å². The van der Waals surface area contributed by atoms with E-state index in [1.54, 1.807) is 24.1 Å². The number of ether oxygens (including phenoxy) is 2. The molecule has 3 aromatic rings. The quantitative estimate of drug-likeness (QED) is 0.684. The van der Waals surface area contributed by atoms with Crippen LogP contribution in [0.15, 0.2) is 60.9 Å². The molecule has 0 aliphatic carbocycles. The predicted molar refractivity (Wildman–Crippen MR) is 95.4 cm³/mol. The van der Waals surface area contributed by atoms with Crippen LogP contribution in [0.25, 0.3) is 0 Å². The second-order valence-electron chi connectivity index (χ2n) is 5.61. The van der Waals surface area contributed by atoms with Gasteiger partial charge in [-0.3, -0.25) is 9.48 Å². The number of anilines is 1. The van der Waals surface area contributed by atoms with Crippen molar-refractivity contribution in [3.05, 3.63) is 72.1 Å². The molecule has 0 aliphatic rings. The molecule has 140 valence electrons. The average molecular weight is 373 g/mol. The first kappa shape index (κ1) is 18.4. The van der Waals surface area contributed by atoms with E-state index in [-0.39, 0.29) is 11.3 Å². The molecular formula is C19H17F2N3O3. The SMILES string of the molecule is COc1cccc(Cn2cc(NC(=O)c3ccccc3OC(F)F)cn2)c1. The maximum Gasteiger partial charge on any atom is 0.387 e. The number of carbonyl (C=O) groups is 1. The molecule has 6 nitrogen and oxygen atoms in total. The van der Waals surface area contributed by atoms with Crippen molar-refractivity contribution in [1.29, 1.82) is 0 Å². The number of nitrogens with zero attached hydrogens (tertiary/aromatic N) is 2. The van der Waals surface area contributed by atoms with Crippen molar-refractivity contribution in [3.63, 3.8) is 0 Å². The van der Waals surface area contributed by atoms with E-state index < -0.39 is 12.5 Å². The minimum atomic E-state index is -3.01. The van der Waals surface area contributed by atoms with Crippen LogP contribution in [0.2, 0.25) is 0 Å². The number of halogens is 2. The number of methoxy groups -OCH3 is 1. The zero-order chi connectivity index (χ0) is 19.2. The Morgan fingerprint density at radius 1 is 1.22 bits per heavy atom. The molecule has 2 aromatic carbocycles. The van der Waals surface area contributed by atoms with E-state index in [1.165, 1.54) is 24.4 Å². The lowest BCUT2D eigenvalue weighted by atomic mass is 10.2. The van der Waals surface area contributed by atoms with E-state index in [2.05, 4.69) is 15.2 Å². The van der Waals surface area contributed by atoms with Crippen LogP contribution in [0, 0.1) is 0 Å². The van der Waals surface area contributed by atoms with Gasteiger partial charge < -0.3 is 14.8 Å². The first-order valence-electron chi connectivity index (χ1n) is 8.06. The van der Waals surface area contributed by atoms with Gasteiger partial charge in [0.25, 0.3) is 5.91 Å². The minimum Gasteiger partial charge on any atom is -0.497 e. The Hall–Kier alpha value is -3.42. The average Bonchev–Trinajstić information content (AvgIpc) is 3.08. The van der Waals surface area contributed by atoms with Gasteiger partial charge >= 0.3 is 6.61 Å². The maximum absolute atomic E-state index is 12.5. The summed E-state index contributed by atoms with van der Waals surface area (Å²) in [7, 11) is 1.59. The van der Waals surface area contributed by atoms with Crippen molar-refractivity contribution in [2.24, 2.45) is 0 Å². The molecule has 1 amide bonds. The van der Waals surface area contributed by atoms with Crippen LogP contribution in [-0.2, 0) is 6.54 Å². The van der Waals surface area contributed by atoms with Crippen molar-refractivity contribution in [3.8, 4) is 11.5 Å². The largest absolute Gasteiger partial charge is 0.497 e. The third-order valence-corrected chi connectivity index (χ3v) is 3.72. The Morgan fingerprint density at radius 2 is 2.04 bits per heavy atom. The second-order valence-corrected chi connectivity index (χ2v) is 5.61. The Bertz CT molecular complexity index is 928. The lowest BCUT2D eigenvalue weighted by Gasteiger charge is -2.09. The third kappa shape index (κ3) is 4.81. The normalized spacial score (nSPS) is 10.7. The predicted octanol–water partition coefficient (Wildman–Crippen LogP) is 3.79. The highest BCUT2D eigenvalue weighted by Crippen LogP contribution is 2.22. The molecule has 0 unspecified atom stereocenters. The van der Waals surface area contributed by atoms with E-state index >= 15 is 0 Å². The zero-order valence-electron chi connectivity index (χ0n) is 14.4. The Balaban J connectivity index is 1.69. The molecule has 0 bridgehead atoms. The number of amides is 1. The molecular weight excluding hydrogens is 356 g/mol. The molecule has 0 saturated heterocycles. The van der Waals surface area contributed by atoms with Crippen molar-refractivity contribution in [1.82, 2.24) is 9.78 Å². The number of hydrogen-bond donors (Lipinski definition) is 1. The zero-order valence-corrected chi connectivity index (χ0v) is 14.4. The maximum atomic E-state index is 12.5. The topological polar surface area (TPSA) is 65.4 Å². The fourth-order valence-electron chi connectivity index (χ4n) is 2.52. The summed E-state index contributed by atoms with van der Waals surface area (Å²) in [4.78, 5) is 12.4. The Labute approximate surface area is 154 Å². The van der Waals surface area contributed by atoms with Crippen molar-refractivity contribution < 1.29 is 23.0 Å². The summed E-state index contributed by atoms with van der Waals surface area (Å²) in [6.07, 6.45) is 3.13. The monoisotopic (exact) mass is 373 g/mol. The van der Waals surface area contributed by atoms with Crippen molar-refractivity contribution >= 4 is 11.6 Å².